The van der Waals surface area contributed by atoms with E-state index in [0.29, 0.717) is 6.54 Å². The van der Waals surface area contributed by atoms with Crippen LogP contribution in [-0.4, -0.2) is 29.2 Å². The molecule has 30 heavy (non-hydrogen) atoms. The Morgan fingerprint density at radius 1 is 1.00 bits per heavy atom. The van der Waals surface area contributed by atoms with Crippen LogP contribution in [0, 0.1) is 12.8 Å². The zero-order valence-electron chi connectivity index (χ0n) is 17.1. The molecule has 1 aliphatic heterocycles. The SMILES string of the molecule is Cc1ccc(Sc2ccc(N3CCC(C(=O)NCc4ccccc4)CC3)nn2)cc1. The van der Waals surface area contributed by atoms with Crippen LogP contribution in [0.5, 0.6) is 0 Å². The summed E-state index contributed by atoms with van der Waals surface area (Å²) in [5, 5.41) is 12.8. The lowest BCUT2D eigenvalue weighted by Gasteiger charge is -2.31. The molecular formula is C24H26N4OS. The van der Waals surface area contributed by atoms with Crippen LogP contribution in [0.4, 0.5) is 5.82 Å². The fourth-order valence-corrected chi connectivity index (χ4v) is 4.29. The first-order valence-electron chi connectivity index (χ1n) is 10.3. The number of nitrogens with one attached hydrogen (secondary N) is 1. The fourth-order valence-electron chi connectivity index (χ4n) is 3.56. The number of aryl methyl sites for hydroxylation is 1. The predicted octanol–water partition coefficient (Wildman–Crippen LogP) is 4.47. The number of carbonyl (C=O) groups is 1. The Kier molecular flexibility index (Phi) is 6.64. The average molecular weight is 419 g/mol. The summed E-state index contributed by atoms with van der Waals surface area (Å²) in [5.41, 5.74) is 2.38. The minimum Gasteiger partial charge on any atom is -0.355 e. The molecule has 0 unspecified atom stereocenters. The van der Waals surface area contributed by atoms with Crippen molar-refractivity contribution in [3.8, 4) is 0 Å². The third kappa shape index (κ3) is 5.39. The van der Waals surface area contributed by atoms with Gasteiger partial charge in [0.2, 0.25) is 5.91 Å². The number of piperidine rings is 1. The maximum atomic E-state index is 12.5. The van der Waals surface area contributed by atoms with Crippen LogP contribution in [0.1, 0.15) is 24.0 Å². The number of benzene rings is 2. The molecule has 5 nitrogen and oxygen atoms in total. The summed E-state index contributed by atoms with van der Waals surface area (Å²) in [5.74, 6) is 1.09. The van der Waals surface area contributed by atoms with Gasteiger partial charge in [-0.05, 0) is 49.6 Å². The van der Waals surface area contributed by atoms with Gasteiger partial charge in [-0.2, -0.15) is 0 Å². The molecule has 1 aliphatic rings. The maximum Gasteiger partial charge on any atom is 0.223 e. The van der Waals surface area contributed by atoms with E-state index in [0.717, 1.165) is 47.2 Å². The van der Waals surface area contributed by atoms with Crippen molar-refractivity contribution in [2.75, 3.05) is 18.0 Å². The van der Waals surface area contributed by atoms with Crippen LogP contribution >= 0.6 is 11.8 Å². The molecule has 0 bridgehead atoms. The van der Waals surface area contributed by atoms with Crippen molar-refractivity contribution in [2.45, 2.75) is 36.2 Å². The molecule has 1 saturated heterocycles. The minimum atomic E-state index is 0.0642. The van der Waals surface area contributed by atoms with Gasteiger partial charge in [0.05, 0.1) is 0 Å². The zero-order valence-corrected chi connectivity index (χ0v) is 17.9. The van der Waals surface area contributed by atoms with Crippen LogP contribution in [0.2, 0.25) is 0 Å². The van der Waals surface area contributed by atoms with Gasteiger partial charge in [-0.25, -0.2) is 0 Å². The molecule has 0 radical (unpaired) electrons. The van der Waals surface area contributed by atoms with E-state index in [1.54, 1.807) is 11.8 Å². The van der Waals surface area contributed by atoms with E-state index < -0.39 is 0 Å². The van der Waals surface area contributed by atoms with E-state index in [9.17, 15) is 4.79 Å². The highest BCUT2D eigenvalue weighted by Crippen LogP contribution is 2.27. The first kappa shape index (κ1) is 20.4. The van der Waals surface area contributed by atoms with Crippen molar-refractivity contribution in [1.29, 1.82) is 0 Å². The van der Waals surface area contributed by atoms with Gasteiger partial charge in [0, 0.05) is 30.4 Å². The van der Waals surface area contributed by atoms with Crippen LogP contribution in [-0.2, 0) is 11.3 Å². The molecule has 6 heteroatoms. The van der Waals surface area contributed by atoms with Crippen LogP contribution in [0.3, 0.4) is 0 Å². The normalized spacial score (nSPS) is 14.5. The zero-order chi connectivity index (χ0) is 20.8. The van der Waals surface area contributed by atoms with E-state index in [2.05, 4.69) is 51.6 Å². The van der Waals surface area contributed by atoms with E-state index in [-0.39, 0.29) is 11.8 Å². The summed E-state index contributed by atoms with van der Waals surface area (Å²) in [6.45, 7) is 4.32. The van der Waals surface area contributed by atoms with Gasteiger partial charge >= 0.3 is 0 Å². The minimum absolute atomic E-state index is 0.0642. The van der Waals surface area contributed by atoms with Gasteiger partial charge in [0.15, 0.2) is 5.82 Å². The predicted molar refractivity (Wildman–Crippen MR) is 121 cm³/mol. The third-order valence-corrected chi connectivity index (χ3v) is 6.30. The molecular weight excluding hydrogens is 392 g/mol. The molecule has 1 N–H and O–H groups in total. The lowest BCUT2D eigenvalue weighted by Crippen LogP contribution is -2.40. The second-order valence-electron chi connectivity index (χ2n) is 7.61. The van der Waals surface area contributed by atoms with Gasteiger partial charge in [-0.15, -0.1) is 10.2 Å². The molecule has 0 atom stereocenters. The van der Waals surface area contributed by atoms with Crippen LogP contribution < -0.4 is 10.2 Å². The first-order valence-corrected chi connectivity index (χ1v) is 11.1. The summed E-state index contributed by atoms with van der Waals surface area (Å²) in [4.78, 5) is 15.9. The summed E-state index contributed by atoms with van der Waals surface area (Å²) in [7, 11) is 0. The number of rotatable bonds is 6. The molecule has 1 aromatic heterocycles. The Hall–Kier alpha value is -2.86. The van der Waals surface area contributed by atoms with Crippen molar-refractivity contribution in [3.05, 3.63) is 77.9 Å². The van der Waals surface area contributed by atoms with Gasteiger partial charge in [0.1, 0.15) is 5.03 Å². The van der Waals surface area contributed by atoms with Gasteiger partial charge in [-0.1, -0.05) is 59.8 Å². The molecule has 154 valence electrons. The number of hydrogen-bond donors (Lipinski definition) is 1. The Morgan fingerprint density at radius 3 is 2.40 bits per heavy atom. The van der Waals surface area contributed by atoms with Gasteiger partial charge in [0.25, 0.3) is 0 Å². The highest BCUT2D eigenvalue weighted by molar-refractivity contribution is 7.99. The lowest BCUT2D eigenvalue weighted by molar-refractivity contribution is -0.125. The third-order valence-electron chi connectivity index (χ3n) is 5.37. The second kappa shape index (κ2) is 9.76. The Bertz CT molecular complexity index is 953. The maximum absolute atomic E-state index is 12.5. The lowest BCUT2D eigenvalue weighted by atomic mass is 9.96. The topological polar surface area (TPSA) is 58.1 Å². The van der Waals surface area contributed by atoms with E-state index >= 15 is 0 Å². The molecule has 0 saturated carbocycles. The molecule has 2 heterocycles. The quantitative estimate of drug-likeness (QED) is 0.640. The molecule has 1 fully saturated rings. The van der Waals surface area contributed by atoms with Crippen LogP contribution in [0.25, 0.3) is 0 Å². The summed E-state index contributed by atoms with van der Waals surface area (Å²) < 4.78 is 0. The summed E-state index contributed by atoms with van der Waals surface area (Å²) >= 11 is 1.61. The smallest absolute Gasteiger partial charge is 0.223 e. The molecule has 0 aliphatic carbocycles. The van der Waals surface area contributed by atoms with E-state index in [1.807, 2.05) is 42.5 Å². The van der Waals surface area contributed by atoms with Crippen molar-refractivity contribution in [3.63, 3.8) is 0 Å². The molecule has 2 aromatic carbocycles. The van der Waals surface area contributed by atoms with Gasteiger partial charge < -0.3 is 10.2 Å². The van der Waals surface area contributed by atoms with Crippen molar-refractivity contribution in [1.82, 2.24) is 15.5 Å². The largest absolute Gasteiger partial charge is 0.355 e. The Labute approximate surface area is 181 Å². The molecule has 1 amide bonds. The molecule has 4 rings (SSSR count). The number of anilines is 1. The number of carbonyl (C=O) groups excluding carboxylic acids is 1. The fraction of sp³-hybridized carbons (Fsp3) is 0.292. The van der Waals surface area contributed by atoms with Crippen molar-refractivity contribution < 1.29 is 4.79 Å². The van der Waals surface area contributed by atoms with Crippen molar-refractivity contribution in [2.24, 2.45) is 5.92 Å². The summed E-state index contributed by atoms with van der Waals surface area (Å²) in [6, 6.07) is 22.5. The van der Waals surface area contributed by atoms with E-state index in [4.69, 9.17) is 0 Å². The summed E-state index contributed by atoms with van der Waals surface area (Å²) in [6.07, 6.45) is 1.67. The number of hydrogen-bond acceptors (Lipinski definition) is 5. The Balaban J connectivity index is 1.26. The van der Waals surface area contributed by atoms with Gasteiger partial charge in [-0.3, -0.25) is 4.79 Å². The number of nitrogens with zero attached hydrogens (tertiary/aromatic N) is 3. The average Bonchev–Trinajstić information content (AvgIpc) is 2.80. The monoisotopic (exact) mass is 418 g/mol. The second-order valence-corrected chi connectivity index (χ2v) is 8.70. The number of amides is 1. The molecule has 0 spiro atoms. The number of aromatic nitrogens is 2. The van der Waals surface area contributed by atoms with E-state index in [1.165, 1.54) is 5.56 Å². The Morgan fingerprint density at radius 2 is 1.73 bits per heavy atom. The standard InChI is InChI=1S/C24H26N4OS/c1-18-7-9-21(10-8-18)30-23-12-11-22(26-27-23)28-15-13-20(14-16-28)24(29)25-17-19-5-3-2-4-6-19/h2-12,20H,13-17H2,1H3,(H,25,29). The molecule has 3 aromatic rings. The van der Waals surface area contributed by atoms with Crippen LogP contribution in [0.15, 0.2) is 76.7 Å². The van der Waals surface area contributed by atoms with Crippen molar-refractivity contribution >= 4 is 23.5 Å². The highest BCUT2D eigenvalue weighted by atomic mass is 32.2. The first-order chi connectivity index (χ1) is 14.7. The highest BCUT2D eigenvalue weighted by Gasteiger charge is 2.25.